The molecule has 0 spiro atoms. The van der Waals surface area contributed by atoms with Gasteiger partial charge in [0.05, 0.1) is 0 Å². The average molecular weight is 346 g/mol. The van der Waals surface area contributed by atoms with Crippen molar-refractivity contribution in [3.8, 4) is 0 Å². The molecule has 0 unspecified atom stereocenters. The summed E-state index contributed by atoms with van der Waals surface area (Å²) in [5, 5.41) is -0.652. The van der Waals surface area contributed by atoms with E-state index >= 15 is 0 Å². The summed E-state index contributed by atoms with van der Waals surface area (Å²) in [6, 6.07) is -0.688. The molecule has 2 N–H and O–H groups in total. The van der Waals surface area contributed by atoms with Crippen LogP contribution < -0.4 is 5.73 Å². The summed E-state index contributed by atoms with van der Waals surface area (Å²) < 4.78 is 0. The summed E-state index contributed by atoms with van der Waals surface area (Å²) >= 11 is 1.28. The summed E-state index contributed by atoms with van der Waals surface area (Å²) in [5.74, 6) is -0.893. The Labute approximate surface area is 144 Å². The lowest BCUT2D eigenvalue weighted by Gasteiger charge is -2.35. The first-order chi connectivity index (χ1) is 10.5. The molecule has 0 aliphatic heterocycles. The number of amides is 3. The first-order valence-corrected chi connectivity index (χ1v) is 9.09. The predicted molar refractivity (Wildman–Crippen MR) is 94.8 cm³/mol. The van der Waals surface area contributed by atoms with Gasteiger partial charge in [-0.2, -0.15) is 0 Å². The number of hydrogen-bond donors (Lipinski definition) is 1. The standard InChI is InChI=1S/C16H31N3O3S/c1-8-9-12(20)19(6)15(23-7)14(22)18(5)11(13(17)21)10-16(2,3)4/h11,15H,8-10H2,1-7H3,(H2,17,21)/t11-,15-/m0/s1. The molecule has 3 amide bonds. The topological polar surface area (TPSA) is 83.7 Å². The molecule has 7 heteroatoms. The summed E-state index contributed by atoms with van der Waals surface area (Å²) in [7, 11) is 3.19. The molecule has 0 aromatic carbocycles. The molecule has 0 fully saturated rings. The molecule has 0 heterocycles. The van der Waals surface area contributed by atoms with Gasteiger partial charge in [-0.1, -0.05) is 27.7 Å². The fourth-order valence-corrected chi connectivity index (χ4v) is 3.08. The van der Waals surface area contributed by atoms with Crippen molar-refractivity contribution in [2.24, 2.45) is 11.1 Å². The minimum Gasteiger partial charge on any atom is -0.368 e. The van der Waals surface area contributed by atoms with Crippen LogP contribution in [0, 0.1) is 5.41 Å². The van der Waals surface area contributed by atoms with Crippen LogP contribution in [0.1, 0.15) is 47.0 Å². The van der Waals surface area contributed by atoms with Crippen molar-refractivity contribution in [1.82, 2.24) is 9.80 Å². The Morgan fingerprint density at radius 3 is 2.00 bits per heavy atom. The van der Waals surface area contributed by atoms with Crippen LogP contribution in [0.15, 0.2) is 0 Å². The Hall–Kier alpha value is -1.24. The van der Waals surface area contributed by atoms with Gasteiger partial charge in [0.25, 0.3) is 5.91 Å². The SMILES string of the molecule is CCCC(=O)N(C)[C@@H](SC)C(=O)N(C)[C@@H](CC(C)(C)C)C(N)=O. The quantitative estimate of drug-likeness (QED) is 0.679. The van der Waals surface area contributed by atoms with Gasteiger partial charge < -0.3 is 15.5 Å². The third kappa shape index (κ3) is 6.81. The number of nitrogens with zero attached hydrogens (tertiary/aromatic N) is 2. The molecule has 0 aromatic heterocycles. The van der Waals surface area contributed by atoms with Crippen LogP contribution in [0.2, 0.25) is 0 Å². The van der Waals surface area contributed by atoms with Crippen molar-refractivity contribution in [3.63, 3.8) is 0 Å². The second kappa shape index (κ2) is 9.15. The van der Waals surface area contributed by atoms with Crippen molar-refractivity contribution in [2.45, 2.75) is 58.4 Å². The Balaban J connectivity index is 5.26. The van der Waals surface area contributed by atoms with Gasteiger partial charge in [0, 0.05) is 20.5 Å². The molecule has 0 saturated heterocycles. The second-order valence-corrected chi connectivity index (χ2v) is 7.89. The van der Waals surface area contributed by atoms with Gasteiger partial charge in [0.15, 0.2) is 5.37 Å². The number of hydrogen-bond acceptors (Lipinski definition) is 4. The smallest absolute Gasteiger partial charge is 0.256 e. The molecule has 0 saturated carbocycles. The zero-order valence-electron chi connectivity index (χ0n) is 15.4. The lowest BCUT2D eigenvalue weighted by atomic mass is 9.87. The van der Waals surface area contributed by atoms with Crippen molar-refractivity contribution in [2.75, 3.05) is 20.4 Å². The maximum Gasteiger partial charge on any atom is 0.256 e. The summed E-state index contributed by atoms with van der Waals surface area (Å²) in [6.07, 6.45) is 3.36. The van der Waals surface area contributed by atoms with Crippen molar-refractivity contribution < 1.29 is 14.4 Å². The maximum atomic E-state index is 12.8. The zero-order valence-corrected chi connectivity index (χ0v) is 16.2. The maximum absolute atomic E-state index is 12.8. The van der Waals surface area contributed by atoms with E-state index in [2.05, 4.69) is 0 Å². The summed E-state index contributed by atoms with van der Waals surface area (Å²) in [5.41, 5.74) is 5.34. The molecule has 23 heavy (non-hydrogen) atoms. The van der Waals surface area contributed by atoms with E-state index in [4.69, 9.17) is 5.73 Å². The van der Waals surface area contributed by atoms with Crippen molar-refractivity contribution in [3.05, 3.63) is 0 Å². The number of rotatable bonds is 8. The van der Waals surface area contributed by atoms with Gasteiger partial charge in [0.1, 0.15) is 6.04 Å². The largest absolute Gasteiger partial charge is 0.368 e. The highest BCUT2D eigenvalue weighted by Gasteiger charge is 2.35. The number of likely N-dealkylation sites (N-methyl/N-ethyl adjacent to an activating group) is 2. The van der Waals surface area contributed by atoms with Crippen molar-refractivity contribution >= 4 is 29.5 Å². The highest BCUT2D eigenvalue weighted by molar-refractivity contribution is 7.99. The highest BCUT2D eigenvalue weighted by Crippen LogP contribution is 2.25. The Kier molecular flexibility index (Phi) is 8.66. The van der Waals surface area contributed by atoms with Crippen LogP contribution in [0.3, 0.4) is 0 Å². The molecule has 0 aromatic rings. The highest BCUT2D eigenvalue weighted by atomic mass is 32.2. The van der Waals surface area contributed by atoms with Crippen LogP contribution in [0.25, 0.3) is 0 Å². The van der Waals surface area contributed by atoms with E-state index in [1.54, 1.807) is 20.4 Å². The van der Waals surface area contributed by atoms with E-state index < -0.39 is 17.3 Å². The van der Waals surface area contributed by atoms with E-state index in [-0.39, 0.29) is 17.2 Å². The second-order valence-electron chi connectivity index (χ2n) is 6.97. The first kappa shape index (κ1) is 21.8. The fourth-order valence-electron chi connectivity index (χ4n) is 2.28. The van der Waals surface area contributed by atoms with Gasteiger partial charge >= 0.3 is 0 Å². The van der Waals surface area contributed by atoms with Gasteiger partial charge in [-0.25, -0.2) is 0 Å². The Morgan fingerprint density at radius 2 is 1.65 bits per heavy atom. The summed E-state index contributed by atoms with van der Waals surface area (Å²) in [6.45, 7) is 7.89. The van der Waals surface area contributed by atoms with Crippen LogP contribution in [0.5, 0.6) is 0 Å². The number of primary amides is 1. The third-order valence-electron chi connectivity index (χ3n) is 3.59. The lowest BCUT2D eigenvalue weighted by Crippen LogP contribution is -2.53. The average Bonchev–Trinajstić information content (AvgIpc) is 2.43. The van der Waals surface area contributed by atoms with E-state index in [1.165, 1.54) is 21.6 Å². The van der Waals surface area contributed by atoms with E-state index in [0.29, 0.717) is 12.8 Å². The first-order valence-electron chi connectivity index (χ1n) is 7.80. The minimum atomic E-state index is -0.688. The fraction of sp³-hybridized carbons (Fsp3) is 0.812. The van der Waals surface area contributed by atoms with Gasteiger partial charge in [-0.3, -0.25) is 14.4 Å². The van der Waals surface area contributed by atoms with Crippen LogP contribution in [-0.4, -0.2) is 59.3 Å². The molecule has 6 nitrogen and oxygen atoms in total. The minimum absolute atomic E-state index is 0.0833. The van der Waals surface area contributed by atoms with E-state index in [1.807, 2.05) is 27.7 Å². The third-order valence-corrected chi connectivity index (χ3v) is 4.56. The zero-order chi connectivity index (χ0) is 18.4. The monoisotopic (exact) mass is 345 g/mol. The van der Waals surface area contributed by atoms with Crippen LogP contribution >= 0.6 is 11.8 Å². The number of carbonyl (C=O) groups excluding carboxylic acids is 3. The molecule has 0 aliphatic rings. The van der Waals surface area contributed by atoms with Gasteiger partial charge in [0.2, 0.25) is 11.8 Å². The molecular formula is C16H31N3O3S. The van der Waals surface area contributed by atoms with Crippen molar-refractivity contribution in [1.29, 1.82) is 0 Å². The molecule has 2 atom stereocenters. The molecule has 0 radical (unpaired) electrons. The molecule has 0 aliphatic carbocycles. The number of carbonyl (C=O) groups is 3. The van der Waals surface area contributed by atoms with E-state index in [0.717, 1.165) is 6.42 Å². The van der Waals surface area contributed by atoms with Crippen LogP contribution in [0.4, 0.5) is 0 Å². The van der Waals surface area contributed by atoms with Gasteiger partial charge in [-0.05, 0) is 24.5 Å². The summed E-state index contributed by atoms with van der Waals surface area (Å²) in [4.78, 5) is 39.4. The molecular weight excluding hydrogens is 314 g/mol. The molecule has 0 rings (SSSR count). The van der Waals surface area contributed by atoms with Crippen LogP contribution in [-0.2, 0) is 14.4 Å². The Bertz CT molecular complexity index is 435. The molecule has 134 valence electrons. The number of thioether (sulfide) groups is 1. The molecule has 0 bridgehead atoms. The Morgan fingerprint density at radius 1 is 1.13 bits per heavy atom. The number of nitrogens with two attached hydrogens (primary N) is 1. The van der Waals surface area contributed by atoms with E-state index in [9.17, 15) is 14.4 Å². The lowest BCUT2D eigenvalue weighted by molar-refractivity contribution is -0.144. The van der Waals surface area contributed by atoms with Gasteiger partial charge in [-0.15, -0.1) is 11.8 Å². The normalized spacial score (nSPS) is 14.0. The predicted octanol–water partition coefficient (Wildman–Crippen LogP) is 1.68.